The molecule has 0 amide bonds. The Morgan fingerprint density at radius 2 is 0.522 bits per heavy atom. The largest absolute Gasteiger partial charge is 2.00 e. The predicted octanol–water partition coefficient (Wildman–Crippen LogP) is 4.36. The third kappa shape index (κ3) is 4.69. The fourth-order valence-electron chi connectivity index (χ4n) is 0.990. The van der Waals surface area contributed by atoms with Crippen molar-refractivity contribution in [2.75, 3.05) is 0 Å². The van der Waals surface area contributed by atoms with Gasteiger partial charge in [-0.05, 0) is 0 Å². The van der Waals surface area contributed by atoms with Gasteiger partial charge in [0.2, 0.25) is 0 Å². The summed E-state index contributed by atoms with van der Waals surface area (Å²) in [7, 11) is 0. The van der Waals surface area contributed by atoms with Gasteiger partial charge in [0.1, 0.15) is 0 Å². The second-order valence-electron chi connectivity index (χ2n) is 3.39. The Morgan fingerprint density at radius 3 is 0.696 bits per heavy atom. The van der Waals surface area contributed by atoms with Crippen LogP contribution in [0.2, 0.25) is 0 Å². The Bertz CT molecular complexity index is 602. The molecule has 0 aromatic heterocycles. The van der Waals surface area contributed by atoms with Gasteiger partial charge in [-0.15, -0.1) is 12.1 Å². The fraction of sp³-hybridized carbons (Fsp3) is 0. The van der Waals surface area contributed by atoms with Crippen molar-refractivity contribution in [3.63, 3.8) is 0 Å². The number of rotatable bonds is 0. The first-order valence-electron chi connectivity index (χ1n) is 4.89. The molecule has 0 spiro atoms. The van der Waals surface area contributed by atoms with Gasteiger partial charge in [-0.25, -0.2) is 26.3 Å². The van der Waals surface area contributed by atoms with E-state index >= 15 is 0 Å². The standard InChI is InChI=1S/2C6F5.Pd/c2*7-2-1-3(8)5(10)6(11)4(2)9;/q2*-1;+2. The summed E-state index contributed by atoms with van der Waals surface area (Å²) in [6.07, 6.45) is 0. The summed E-state index contributed by atoms with van der Waals surface area (Å²) in [5.74, 6) is -20.1. The van der Waals surface area contributed by atoms with E-state index in [4.69, 9.17) is 0 Å². The minimum absolute atomic E-state index is 0. The van der Waals surface area contributed by atoms with Gasteiger partial charge in [-0.1, -0.05) is 0 Å². The number of halogens is 10. The topological polar surface area (TPSA) is 0 Å². The van der Waals surface area contributed by atoms with E-state index in [9.17, 15) is 43.9 Å². The molecule has 0 bridgehead atoms. The third-order valence-electron chi connectivity index (χ3n) is 1.98. The van der Waals surface area contributed by atoms with Crippen LogP contribution < -0.4 is 0 Å². The Labute approximate surface area is 135 Å². The quantitative estimate of drug-likeness (QED) is 0.188. The van der Waals surface area contributed by atoms with Crippen LogP contribution in [0, 0.1) is 70.3 Å². The van der Waals surface area contributed by atoms with Gasteiger partial charge in [-0.3, -0.25) is 17.6 Å². The minimum atomic E-state index is -2.17. The first-order chi connectivity index (χ1) is 10.1. The van der Waals surface area contributed by atoms with Crippen LogP contribution in [-0.2, 0) is 20.4 Å². The molecule has 23 heavy (non-hydrogen) atoms. The van der Waals surface area contributed by atoms with Crippen molar-refractivity contribution >= 4 is 0 Å². The molecule has 0 nitrogen and oxygen atoms in total. The average molecular weight is 441 g/mol. The minimum Gasteiger partial charge on any atom is -0.278 e. The number of benzene rings is 2. The maximum absolute atomic E-state index is 12.0. The van der Waals surface area contributed by atoms with Gasteiger partial charge in [0.05, 0.1) is 58.2 Å². The molecule has 0 N–H and O–H groups in total. The zero-order valence-corrected chi connectivity index (χ0v) is 11.7. The molecule has 0 heterocycles. The molecule has 0 fully saturated rings. The van der Waals surface area contributed by atoms with E-state index in [1.54, 1.807) is 0 Å². The maximum Gasteiger partial charge on any atom is 2.00 e. The second kappa shape index (κ2) is 8.31. The van der Waals surface area contributed by atoms with Crippen LogP contribution in [0.25, 0.3) is 0 Å². The summed E-state index contributed by atoms with van der Waals surface area (Å²) in [4.78, 5) is 0. The molecule has 0 saturated heterocycles. The Kier molecular flexibility index (Phi) is 7.73. The van der Waals surface area contributed by atoms with E-state index in [1.165, 1.54) is 0 Å². The average Bonchev–Trinajstić information content (AvgIpc) is 2.47. The van der Waals surface area contributed by atoms with Gasteiger partial charge in [0, 0.05) is 0 Å². The summed E-state index contributed by atoms with van der Waals surface area (Å²) in [5, 5.41) is 0. The molecule has 128 valence electrons. The fourth-order valence-corrected chi connectivity index (χ4v) is 0.990. The SMILES string of the molecule is Fc1[c-]c(F)c(F)c(F)c1F.Fc1[c-]c(F)c(F)c(F)c1F.[Pd+2]. The summed E-state index contributed by atoms with van der Waals surface area (Å²) in [6.45, 7) is 0. The maximum atomic E-state index is 12.0. The van der Waals surface area contributed by atoms with Crippen LogP contribution in [0.1, 0.15) is 0 Å². The predicted molar refractivity (Wildman–Crippen MR) is 50.1 cm³/mol. The van der Waals surface area contributed by atoms with Gasteiger partial charge < -0.3 is 0 Å². The van der Waals surface area contributed by atoms with Gasteiger partial charge in [-0.2, -0.15) is 0 Å². The zero-order valence-electron chi connectivity index (χ0n) is 10.1. The smallest absolute Gasteiger partial charge is 0.278 e. The molecule has 11 heteroatoms. The third-order valence-corrected chi connectivity index (χ3v) is 1.98. The van der Waals surface area contributed by atoms with Crippen molar-refractivity contribution in [3.05, 3.63) is 70.3 Å². The normalized spacial score (nSPS) is 9.83. The van der Waals surface area contributed by atoms with E-state index in [0.29, 0.717) is 0 Å². The Balaban J connectivity index is 0.000000403. The molecule has 2 rings (SSSR count). The molecule has 0 radical (unpaired) electrons. The van der Waals surface area contributed by atoms with Gasteiger partial charge in [0.25, 0.3) is 0 Å². The van der Waals surface area contributed by atoms with E-state index in [2.05, 4.69) is 0 Å². The van der Waals surface area contributed by atoms with E-state index < -0.39 is 58.2 Å². The van der Waals surface area contributed by atoms with Crippen LogP contribution in [0.15, 0.2) is 0 Å². The summed E-state index contributed by atoms with van der Waals surface area (Å²) >= 11 is 0. The molecule has 0 aliphatic rings. The molecule has 0 saturated carbocycles. The summed E-state index contributed by atoms with van der Waals surface area (Å²) < 4.78 is 120. The second-order valence-corrected chi connectivity index (χ2v) is 3.39. The van der Waals surface area contributed by atoms with Gasteiger partial charge in [0.15, 0.2) is 0 Å². The van der Waals surface area contributed by atoms with Crippen molar-refractivity contribution in [2.24, 2.45) is 0 Å². The van der Waals surface area contributed by atoms with Crippen LogP contribution in [0.5, 0.6) is 0 Å². The first-order valence-corrected chi connectivity index (χ1v) is 4.89. The number of hydrogen-bond acceptors (Lipinski definition) is 0. The van der Waals surface area contributed by atoms with Crippen LogP contribution in [0.3, 0.4) is 0 Å². The van der Waals surface area contributed by atoms with Crippen LogP contribution in [-0.4, -0.2) is 0 Å². The van der Waals surface area contributed by atoms with Crippen molar-refractivity contribution in [1.82, 2.24) is 0 Å². The van der Waals surface area contributed by atoms with E-state index in [-0.39, 0.29) is 20.4 Å². The van der Waals surface area contributed by atoms with Crippen molar-refractivity contribution in [2.45, 2.75) is 0 Å². The van der Waals surface area contributed by atoms with Gasteiger partial charge >= 0.3 is 20.4 Å². The molecular formula is C12F10Pd. The number of hydrogen-bond donors (Lipinski definition) is 0. The molecule has 0 atom stereocenters. The monoisotopic (exact) mass is 440 g/mol. The summed E-state index contributed by atoms with van der Waals surface area (Å²) in [6, 6.07) is 2.05. The Morgan fingerprint density at radius 1 is 0.348 bits per heavy atom. The zero-order chi connectivity index (χ0) is 17.2. The van der Waals surface area contributed by atoms with Crippen molar-refractivity contribution in [3.8, 4) is 0 Å². The Hall–Kier alpha value is -1.60. The van der Waals surface area contributed by atoms with Crippen molar-refractivity contribution < 1.29 is 64.3 Å². The van der Waals surface area contributed by atoms with E-state index in [1.807, 2.05) is 0 Å². The summed E-state index contributed by atoms with van der Waals surface area (Å²) in [5.41, 5.74) is 0. The van der Waals surface area contributed by atoms with Crippen LogP contribution in [0.4, 0.5) is 43.9 Å². The molecule has 2 aromatic rings. The van der Waals surface area contributed by atoms with Crippen LogP contribution >= 0.6 is 0 Å². The van der Waals surface area contributed by atoms with Crippen molar-refractivity contribution in [1.29, 1.82) is 0 Å². The molecular weight excluding hydrogens is 441 g/mol. The molecule has 2 aromatic carbocycles. The first kappa shape index (κ1) is 21.4. The van der Waals surface area contributed by atoms with E-state index in [0.717, 1.165) is 12.1 Å². The molecule has 0 unspecified atom stereocenters. The molecule has 0 aliphatic heterocycles. The molecule has 0 aliphatic carbocycles.